The number of amides is 2. The minimum absolute atomic E-state index is 0.0738. The van der Waals surface area contributed by atoms with Crippen LogP contribution in [-0.2, 0) is 15.4 Å². The molecule has 2 amide bonds. The van der Waals surface area contributed by atoms with Gasteiger partial charge in [0.15, 0.2) is 0 Å². The third kappa shape index (κ3) is 4.71. The van der Waals surface area contributed by atoms with Gasteiger partial charge in [-0.3, -0.25) is 9.59 Å². The van der Waals surface area contributed by atoms with Crippen molar-refractivity contribution in [2.45, 2.75) is 44.9 Å². The predicted molar refractivity (Wildman–Crippen MR) is 124 cm³/mol. The van der Waals surface area contributed by atoms with Crippen molar-refractivity contribution in [2.24, 2.45) is 5.73 Å². The highest BCUT2D eigenvalue weighted by Gasteiger charge is 2.33. The first-order valence-corrected chi connectivity index (χ1v) is 12.1. The molecule has 0 spiro atoms. The molecule has 8 heteroatoms. The smallest absolute Gasteiger partial charge is 0.253 e. The van der Waals surface area contributed by atoms with Gasteiger partial charge in [0.05, 0.1) is 4.90 Å². The fourth-order valence-corrected chi connectivity index (χ4v) is 5.87. The Kier molecular flexibility index (Phi) is 6.49. The van der Waals surface area contributed by atoms with Crippen molar-refractivity contribution in [3.8, 4) is 0 Å². The van der Waals surface area contributed by atoms with Crippen molar-refractivity contribution in [3.05, 3.63) is 64.2 Å². The Labute approximate surface area is 190 Å². The SMILES string of the molecule is Cc1cc(C(C)(C)C)cc(C)c1S(=O)(=O)N1CCN(C(=O)c2cccc(C(N)=O)c2)CC1. The molecule has 1 fully saturated rings. The number of nitrogens with zero attached hydrogens (tertiary/aromatic N) is 2. The van der Waals surface area contributed by atoms with Crippen molar-refractivity contribution in [2.75, 3.05) is 26.2 Å². The Balaban J connectivity index is 1.78. The number of rotatable bonds is 4. The van der Waals surface area contributed by atoms with Crippen LogP contribution in [0.1, 0.15) is 58.2 Å². The summed E-state index contributed by atoms with van der Waals surface area (Å²) in [5.74, 6) is -0.842. The predicted octanol–water partition coefficient (Wildman–Crippen LogP) is 2.85. The van der Waals surface area contributed by atoms with Gasteiger partial charge in [0, 0.05) is 37.3 Å². The monoisotopic (exact) mass is 457 g/mol. The summed E-state index contributed by atoms with van der Waals surface area (Å²) in [6.45, 7) is 10.9. The second kappa shape index (κ2) is 8.67. The van der Waals surface area contributed by atoms with Gasteiger partial charge in [-0.2, -0.15) is 4.31 Å². The second-order valence-corrected chi connectivity index (χ2v) is 11.2. The van der Waals surface area contributed by atoms with Crippen molar-refractivity contribution >= 4 is 21.8 Å². The van der Waals surface area contributed by atoms with Crippen LogP contribution >= 0.6 is 0 Å². The molecule has 0 atom stereocenters. The second-order valence-electron chi connectivity index (χ2n) is 9.33. The molecule has 172 valence electrons. The molecule has 3 rings (SSSR count). The molecule has 2 aromatic rings. The van der Waals surface area contributed by atoms with E-state index in [1.165, 1.54) is 10.4 Å². The molecule has 1 heterocycles. The lowest BCUT2D eigenvalue weighted by Gasteiger charge is -2.35. The van der Waals surface area contributed by atoms with Gasteiger partial charge in [-0.1, -0.05) is 39.0 Å². The van der Waals surface area contributed by atoms with Gasteiger partial charge < -0.3 is 10.6 Å². The maximum Gasteiger partial charge on any atom is 0.253 e. The maximum atomic E-state index is 13.4. The number of piperazine rings is 1. The molecule has 2 aromatic carbocycles. The van der Waals surface area contributed by atoms with E-state index in [2.05, 4.69) is 20.8 Å². The molecule has 32 heavy (non-hydrogen) atoms. The van der Waals surface area contributed by atoms with Crippen LogP contribution in [-0.4, -0.2) is 55.6 Å². The quantitative estimate of drug-likeness (QED) is 0.763. The van der Waals surface area contributed by atoms with Crippen LogP contribution in [0.4, 0.5) is 0 Å². The third-order valence-corrected chi connectivity index (χ3v) is 8.05. The molecular formula is C24H31N3O4S. The Hall–Kier alpha value is -2.71. The minimum Gasteiger partial charge on any atom is -0.366 e. The summed E-state index contributed by atoms with van der Waals surface area (Å²) in [5.41, 5.74) is 8.42. The molecule has 1 aliphatic heterocycles. The lowest BCUT2D eigenvalue weighted by Crippen LogP contribution is -2.50. The average molecular weight is 458 g/mol. The first-order chi connectivity index (χ1) is 14.8. The van der Waals surface area contributed by atoms with Gasteiger partial charge in [0.1, 0.15) is 0 Å². The largest absolute Gasteiger partial charge is 0.366 e. The number of carbonyl (C=O) groups excluding carboxylic acids is 2. The summed E-state index contributed by atoms with van der Waals surface area (Å²) in [6, 6.07) is 10.2. The fraction of sp³-hybridized carbons (Fsp3) is 0.417. The van der Waals surface area contributed by atoms with Crippen LogP contribution in [0, 0.1) is 13.8 Å². The summed E-state index contributed by atoms with van der Waals surface area (Å²) in [4.78, 5) is 26.2. The van der Waals surface area contributed by atoms with E-state index in [-0.39, 0.29) is 43.1 Å². The van der Waals surface area contributed by atoms with Crippen molar-refractivity contribution in [1.29, 1.82) is 0 Å². The molecule has 0 radical (unpaired) electrons. The zero-order valence-electron chi connectivity index (χ0n) is 19.3. The lowest BCUT2D eigenvalue weighted by atomic mass is 9.85. The summed E-state index contributed by atoms with van der Waals surface area (Å²) >= 11 is 0. The van der Waals surface area contributed by atoms with Crippen molar-refractivity contribution < 1.29 is 18.0 Å². The van der Waals surface area contributed by atoms with E-state index in [9.17, 15) is 18.0 Å². The van der Waals surface area contributed by atoms with E-state index in [0.717, 1.165) is 16.7 Å². The molecule has 1 saturated heterocycles. The topological polar surface area (TPSA) is 101 Å². The molecule has 0 saturated carbocycles. The molecule has 0 aromatic heterocycles. The normalized spacial score (nSPS) is 15.6. The van der Waals surface area contributed by atoms with E-state index in [1.54, 1.807) is 23.1 Å². The molecule has 7 nitrogen and oxygen atoms in total. The summed E-state index contributed by atoms with van der Waals surface area (Å²) < 4.78 is 28.3. The number of nitrogens with two attached hydrogens (primary N) is 1. The fourth-order valence-electron chi connectivity index (χ4n) is 4.04. The van der Waals surface area contributed by atoms with Gasteiger partial charge >= 0.3 is 0 Å². The number of aryl methyl sites for hydroxylation is 2. The minimum atomic E-state index is -3.68. The Morgan fingerprint density at radius 3 is 1.94 bits per heavy atom. The molecule has 0 unspecified atom stereocenters. The van der Waals surface area contributed by atoms with Gasteiger partial charge in [-0.05, 0) is 54.2 Å². The van der Waals surface area contributed by atoms with Crippen LogP contribution in [0.3, 0.4) is 0 Å². The molecule has 2 N–H and O–H groups in total. The summed E-state index contributed by atoms with van der Waals surface area (Å²) in [6.07, 6.45) is 0. The molecule has 0 bridgehead atoms. The highest BCUT2D eigenvalue weighted by atomic mass is 32.2. The van der Waals surface area contributed by atoms with Crippen molar-refractivity contribution in [1.82, 2.24) is 9.21 Å². The van der Waals surface area contributed by atoms with Crippen LogP contribution < -0.4 is 5.73 Å². The first-order valence-electron chi connectivity index (χ1n) is 10.6. The summed E-state index contributed by atoms with van der Waals surface area (Å²) in [5, 5.41) is 0. The average Bonchev–Trinajstić information content (AvgIpc) is 2.72. The lowest BCUT2D eigenvalue weighted by molar-refractivity contribution is 0.0698. The van der Waals surface area contributed by atoms with Crippen LogP contribution in [0.25, 0.3) is 0 Å². The third-order valence-electron chi connectivity index (χ3n) is 5.84. The molecular weight excluding hydrogens is 426 g/mol. The number of hydrogen-bond donors (Lipinski definition) is 1. The summed E-state index contributed by atoms with van der Waals surface area (Å²) in [7, 11) is -3.68. The maximum absolute atomic E-state index is 13.4. The number of carbonyl (C=O) groups is 2. The van der Waals surface area contributed by atoms with Gasteiger partial charge in [0.25, 0.3) is 5.91 Å². The number of hydrogen-bond acceptors (Lipinski definition) is 4. The van der Waals surface area contributed by atoms with Crippen LogP contribution in [0.5, 0.6) is 0 Å². The van der Waals surface area contributed by atoms with E-state index >= 15 is 0 Å². The Morgan fingerprint density at radius 1 is 0.906 bits per heavy atom. The highest BCUT2D eigenvalue weighted by molar-refractivity contribution is 7.89. The van der Waals surface area contributed by atoms with E-state index in [4.69, 9.17) is 5.73 Å². The number of primary amides is 1. The Bertz CT molecular complexity index is 1140. The molecule has 0 aliphatic carbocycles. The van der Waals surface area contributed by atoms with E-state index in [1.807, 2.05) is 26.0 Å². The van der Waals surface area contributed by atoms with Gasteiger partial charge in [0.2, 0.25) is 15.9 Å². The zero-order chi connectivity index (χ0) is 23.8. The van der Waals surface area contributed by atoms with Gasteiger partial charge in [-0.15, -0.1) is 0 Å². The first kappa shape index (κ1) is 23.9. The van der Waals surface area contributed by atoms with Crippen molar-refractivity contribution in [3.63, 3.8) is 0 Å². The van der Waals surface area contributed by atoms with Gasteiger partial charge in [-0.25, -0.2) is 8.42 Å². The number of sulfonamides is 1. The zero-order valence-corrected chi connectivity index (χ0v) is 20.1. The Morgan fingerprint density at radius 2 is 1.44 bits per heavy atom. The van der Waals surface area contributed by atoms with Crippen LogP contribution in [0.15, 0.2) is 41.3 Å². The van der Waals surface area contributed by atoms with E-state index in [0.29, 0.717) is 10.5 Å². The number of benzene rings is 2. The standard InChI is InChI=1S/C24H31N3O4S/c1-16-13-20(24(3,4)5)14-17(2)21(16)32(30,31)27-11-9-26(10-12-27)23(29)19-8-6-7-18(15-19)22(25)28/h6-8,13-15H,9-12H2,1-5H3,(H2,25,28). The molecule has 1 aliphatic rings. The van der Waals surface area contributed by atoms with Crippen LogP contribution in [0.2, 0.25) is 0 Å². The van der Waals surface area contributed by atoms with E-state index < -0.39 is 15.9 Å². The highest BCUT2D eigenvalue weighted by Crippen LogP contribution is 2.31.